The maximum Gasteiger partial charge on any atom is 0.215 e. The van der Waals surface area contributed by atoms with E-state index in [2.05, 4.69) is 24.1 Å². The van der Waals surface area contributed by atoms with Crippen LogP contribution in [-0.2, 0) is 10.0 Å². The van der Waals surface area contributed by atoms with Crippen LogP contribution in [0.4, 0.5) is 0 Å². The zero-order valence-corrected chi connectivity index (χ0v) is 12.8. The van der Waals surface area contributed by atoms with E-state index < -0.39 is 10.0 Å². The maximum absolute atomic E-state index is 12.1. The van der Waals surface area contributed by atoms with Crippen molar-refractivity contribution in [2.24, 2.45) is 0 Å². The average molecular weight is 277 g/mol. The summed E-state index contributed by atoms with van der Waals surface area (Å²) in [5.41, 5.74) is 0. The van der Waals surface area contributed by atoms with Crippen LogP contribution in [0.1, 0.15) is 27.7 Å². The number of nitrogens with one attached hydrogen (secondary N) is 1. The molecule has 108 valence electrons. The molecule has 0 spiro atoms. The zero-order chi connectivity index (χ0) is 13.8. The summed E-state index contributed by atoms with van der Waals surface area (Å²) in [4.78, 5) is 2.32. The first-order chi connectivity index (χ1) is 8.33. The van der Waals surface area contributed by atoms with E-state index in [4.69, 9.17) is 0 Å². The molecule has 5 nitrogen and oxygen atoms in total. The fourth-order valence-corrected chi connectivity index (χ4v) is 3.46. The molecular weight excluding hydrogens is 250 g/mol. The Hall–Kier alpha value is -0.170. The third-order valence-electron chi connectivity index (χ3n) is 3.31. The minimum Gasteiger partial charge on any atom is -0.313 e. The van der Waals surface area contributed by atoms with E-state index in [0.717, 1.165) is 13.1 Å². The predicted octanol–water partition coefficient (Wildman–Crippen LogP) is 0.340. The van der Waals surface area contributed by atoms with E-state index in [1.807, 2.05) is 13.8 Å². The first kappa shape index (κ1) is 15.9. The van der Waals surface area contributed by atoms with E-state index in [1.54, 1.807) is 4.31 Å². The zero-order valence-electron chi connectivity index (χ0n) is 12.0. The molecular formula is C12H27N3O2S. The molecule has 0 aromatic heterocycles. The van der Waals surface area contributed by atoms with Crippen LogP contribution in [-0.4, -0.2) is 68.2 Å². The highest BCUT2D eigenvalue weighted by Gasteiger charge is 2.27. The van der Waals surface area contributed by atoms with Crippen molar-refractivity contribution in [3.63, 3.8) is 0 Å². The van der Waals surface area contributed by atoms with Crippen LogP contribution in [0.25, 0.3) is 0 Å². The molecule has 0 amide bonds. The molecule has 0 saturated carbocycles. The van der Waals surface area contributed by atoms with Crippen molar-refractivity contribution < 1.29 is 8.42 Å². The van der Waals surface area contributed by atoms with Crippen LogP contribution in [0.3, 0.4) is 0 Å². The van der Waals surface area contributed by atoms with Gasteiger partial charge >= 0.3 is 0 Å². The SMILES string of the molecule is CC(C)NCCS(=O)(=O)N1CCN(C(C)C)CC1. The number of hydrogen-bond donors (Lipinski definition) is 1. The van der Waals surface area contributed by atoms with Gasteiger partial charge in [-0.3, -0.25) is 4.90 Å². The fourth-order valence-electron chi connectivity index (χ4n) is 2.10. The van der Waals surface area contributed by atoms with Crippen LogP contribution < -0.4 is 5.32 Å². The van der Waals surface area contributed by atoms with Crippen LogP contribution >= 0.6 is 0 Å². The molecule has 6 heteroatoms. The molecule has 1 aliphatic heterocycles. The standard InChI is InChI=1S/C12H27N3O2S/c1-11(2)13-5-10-18(16,17)15-8-6-14(7-9-15)12(3)4/h11-13H,5-10H2,1-4H3. The van der Waals surface area contributed by atoms with Gasteiger partial charge in [0.15, 0.2) is 0 Å². The Morgan fingerprint density at radius 1 is 1.06 bits per heavy atom. The molecule has 1 saturated heterocycles. The number of sulfonamides is 1. The summed E-state index contributed by atoms with van der Waals surface area (Å²) in [7, 11) is -3.08. The molecule has 0 aromatic rings. The minimum absolute atomic E-state index is 0.201. The Morgan fingerprint density at radius 3 is 2.06 bits per heavy atom. The Morgan fingerprint density at radius 2 is 1.61 bits per heavy atom. The van der Waals surface area contributed by atoms with Gasteiger partial charge < -0.3 is 5.32 Å². The predicted molar refractivity (Wildman–Crippen MR) is 75.2 cm³/mol. The summed E-state index contributed by atoms with van der Waals surface area (Å²) >= 11 is 0. The van der Waals surface area contributed by atoms with Gasteiger partial charge in [-0.15, -0.1) is 0 Å². The van der Waals surface area contributed by atoms with E-state index in [0.29, 0.717) is 31.7 Å². The van der Waals surface area contributed by atoms with Crippen LogP contribution in [0.5, 0.6) is 0 Å². The second-order valence-electron chi connectivity index (χ2n) is 5.45. The van der Waals surface area contributed by atoms with Gasteiger partial charge in [-0.1, -0.05) is 13.8 Å². The Bertz CT molecular complexity index is 333. The summed E-state index contributed by atoms with van der Waals surface area (Å²) in [6.45, 7) is 11.8. The number of rotatable bonds is 6. The van der Waals surface area contributed by atoms with Gasteiger partial charge in [-0.25, -0.2) is 8.42 Å². The Labute approximate surface area is 112 Å². The summed E-state index contributed by atoms with van der Waals surface area (Å²) in [6.07, 6.45) is 0. The first-order valence-corrected chi connectivity index (χ1v) is 8.39. The molecule has 0 aromatic carbocycles. The van der Waals surface area contributed by atoms with Gasteiger partial charge in [0.25, 0.3) is 0 Å². The first-order valence-electron chi connectivity index (χ1n) is 6.78. The molecule has 1 N–H and O–H groups in total. The van der Waals surface area contributed by atoms with Gasteiger partial charge in [0.2, 0.25) is 10.0 Å². The second-order valence-corrected chi connectivity index (χ2v) is 7.54. The van der Waals surface area contributed by atoms with Crippen LogP contribution in [0.2, 0.25) is 0 Å². The molecule has 1 rings (SSSR count). The van der Waals surface area contributed by atoms with E-state index in [9.17, 15) is 8.42 Å². The highest BCUT2D eigenvalue weighted by Crippen LogP contribution is 2.10. The van der Waals surface area contributed by atoms with E-state index in [-0.39, 0.29) is 5.75 Å². The monoisotopic (exact) mass is 277 g/mol. The van der Waals surface area contributed by atoms with Gasteiger partial charge in [-0.2, -0.15) is 4.31 Å². The van der Waals surface area contributed by atoms with Crippen molar-refractivity contribution in [1.29, 1.82) is 0 Å². The van der Waals surface area contributed by atoms with E-state index >= 15 is 0 Å². The molecule has 0 unspecified atom stereocenters. The maximum atomic E-state index is 12.1. The number of hydrogen-bond acceptors (Lipinski definition) is 4. The normalized spacial score (nSPS) is 19.9. The topological polar surface area (TPSA) is 52.7 Å². The van der Waals surface area contributed by atoms with Gasteiger partial charge in [0.05, 0.1) is 5.75 Å². The highest BCUT2D eigenvalue weighted by atomic mass is 32.2. The minimum atomic E-state index is -3.08. The number of nitrogens with zero attached hydrogens (tertiary/aromatic N) is 2. The summed E-state index contributed by atoms with van der Waals surface area (Å²) in [6, 6.07) is 0.829. The van der Waals surface area contributed by atoms with Crippen molar-refractivity contribution >= 4 is 10.0 Å². The van der Waals surface area contributed by atoms with Gasteiger partial charge in [0.1, 0.15) is 0 Å². The second kappa shape index (κ2) is 6.84. The van der Waals surface area contributed by atoms with Crippen LogP contribution in [0, 0.1) is 0 Å². The van der Waals surface area contributed by atoms with Crippen LogP contribution in [0.15, 0.2) is 0 Å². The lowest BCUT2D eigenvalue weighted by molar-refractivity contribution is 0.154. The molecule has 18 heavy (non-hydrogen) atoms. The average Bonchev–Trinajstić information content (AvgIpc) is 2.28. The lowest BCUT2D eigenvalue weighted by Gasteiger charge is -2.36. The molecule has 0 atom stereocenters. The summed E-state index contributed by atoms with van der Waals surface area (Å²) in [5.74, 6) is 0.201. The highest BCUT2D eigenvalue weighted by molar-refractivity contribution is 7.89. The third-order valence-corrected chi connectivity index (χ3v) is 5.18. The van der Waals surface area contributed by atoms with Crippen molar-refractivity contribution in [3.05, 3.63) is 0 Å². The Kier molecular flexibility index (Phi) is 6.04. The van der Waals surface area contributed by atoms with Crippen molar-refractivity contribution in [1.82, 2.24) is 14.5 Å². The van der Waals surface area contributed by atoms with Gasteiger partial charge in [0, 0.05) is 44.8 Å². The van der Waals surface area contributed by atoms with Crippen molar-refractivity contribution in [3.8, 4) is 0 Å². The third kappa shape index (κ3) is 4.84. The Balaban J connectivity index is 2.40. The lowest BCUT2D eigenvalue weighted by Crippen LogP contribution is -2.51. The lowest BCUT2D eigenvalue weighted by atomic mass is 10.3. The largest absolute Gasteiger partial charge is 0.313 e. The van der Waals surface area contributed by atoms with Crippen molar-refractivity contribution in [2.45, 2.75) is 39.8 Å². The van der Waals surface area contributed by atoms with E-state index in [1.165, 1.54) is 0 Å². The molecule has 1 aliphatic rings. The molecule has 1 heterocycles. The molecule has 0 aliphatic carbocycles. The molecule has 0 bridgehead atoms. The quantitative estimate of drug-likeness (QED) is 0.761. The van der Waals surface area contributed by atoms with Crippen molar-refractivity contribution in [2.75, 3.05) is 38.5 Å². The molecule has 0 radical (unpaired) electrons. The summed E-state index contributed by atoms with van der Waals surface area (Å²) in [5, 5.41) is 3.15. The number of piperazine rings is 1. The van der Waals surface area contributed by atoms with Gasteiger partial charge in [-0.05, 0) is 13.8 Å². The molecule has 1 fully saturated rings. The summed E-state index contributed by atoms with van der Waals surface area (Å²) < 4.78 is 25.9. The smallest absolute Gasteiger partial charge is 0.215 e. The fraction of sp³-hybridized carbons (Fsp3) is 1.00.